The molecule has 25 heavy (non-hydrogen) atoms. The van der Waals surface area contributed by atoms with Gasteiger partial charge >= 0.3 is 6.18 Å². The number of aryl methyl sites for hydroxylation is 1. The molecule has 0 bridgehead atoms. The van der Waals surface area contributed by atoms with Crippen LogP contribution in [0.4, 0.5) is 13.2 Å². The Morgan fingerprint density at radius 1 is 1.24 bits per heavy atom. The van der Waals surface area contributed by atoms with Crippen molar-refractivity contribution in [2.24, 2.45) is 0 Å². The topological polar surface area (TPSA) is 77.6 Å². The summed E-state index contributed by atoms with van der Waals surface area (Å²) in [6, 6.07) is 0.846. The maximum atomic E-state index is 12.5. The standard InChI is InChI=1S/C15H19F3N6O/c16-15(17,18)11-6-9-23(22-11)10-14(25)19-7-5-13-21-20-12-4-2-1-3-8-24(12)13/h6,9H,1-5,7-8,10H2,(H,19,25). The van der Waals surface area contributed by atoms with Gasteiger partial charge in [-0.2, -0.15) is 18.3 Å². The van der Waals surface area contributed by atoms with Crippen LogP contribution in [0.5, 0.6) is 0 Å². The minimum Gasteiger partial charge on any atom is -0.354 e. The van der Waals surface area contributed by atoms with Crippen LogP contribution in [-0.4, -0.2) is 37.0 Å². The number of fused-ring (bicyclic) bond motifs is 1. The van der Waals surface area contributed by atoms with E-state index in [0.717, 1.165) is 54.4 Å². The first-order valence-electron chi connectivity index (χ1n) is 8.22. The van der Waals surface area contributed by atoms with E-state index in [0.29, 0.717) is 13.0 Å². The molecule has 1 aliphatic rings. The summed E-state index contributed by atoms with van der Waals surface area (Å²) >= 11 is 0. The number of nitrogens with zero attached hydrogens (tertiary/aromatic N) is 5. The number of hydrogen-bond donors (Lipinski definition) is 1. The largest absolute Gasteiger partial charge is 0.435 e. The van der Waals surface area contributed by atoms with Gasteiger partial charge in [0.2, 0.25) is 5.91 Å². The Hall–Kier alpha value is -2.39. The smallest absolute Gasteiger partial charge is 0.354 e. The third-order valence-corrected chi connectivity index (χ3v) is 4.09. The average molecular weight is 356 g/mol. The first-order chi connectivity index (χ1) is 11.9. The Morgan fingerprint density at radius 3 is 2.84 bits per heavy atom. The molecule has 0 aromatic carbocycles. The fourth-order valence-corrected chi connectivity index (χ4v) is 2.85. The van der Waals surface area contributed by atoms with E-state index in [1.807, 2.05) is 0 Å². The highest BCUT2D eigenvalue weighted by Crippen LogP contribution is 2.27. The summed E-state index contributed by atoms with van der Waals surface area (Å²) in [5.41, 5.74) is -1.01. The monoisotopic (exact) mass is 356 g/mol. The number of amides is 1. The fraction of sp³-hybridized carbons (Fsp3) is 0.600. The van der Waals surface area contributed by atoms with Crippen LogP contribution in [0.1, 0.15) is 36.6 Å². The summed E-state index contributed by atoms with van der Waals surface area (Å²) in [6.07, 6.45) is 1.45. The molecule has 1 amide bonds. The maximum Gasteiger partial charge on any atom is 0.435 e. The van der Waals surface area contributed by atoms with Crippen molar-refractivity contribution in [3.63, 3.8) is 0 Å². The summed E-state index contributed by atoms with van der Waals surface area (Å²) < 4.78 is 40.5. The summed E-state index contributed by atoms with van der Waals surface area (Å²) in [6.45, 7) is 0.984. The molecule has 0 saturated carbocycles. The lowest BCUT2D eigenvalue weighted by Crippen LogP contribution is -2.30. The molecular formula is C15H19F3N6O. The van der Waals surface area contributed by atoms with Crippen LogP contribution in [0.15, 0.2) is 12.3 Å². The van der Waals surface area contributed by atoms with E-state index in [1.165, 1.54) is 6.42 Å². The number of carbonyl (C=O) groups is 1. The number of halogens is 3. The van der Waals surface area contributed by atoms with Crippen molar-refractivity contribution in [2.75, 3.05) is 6.54 Å². The average Bonchev–Trinajstić information content (AvgIpc) is 3.09. The third kappa shape index (κ3) is 4.37. The van der Waals surface area contributed by atoms with Gasteiger partial charge in [-0.25, -0.2) is 0 Å². The highest BCUT2D eigenvalue weighted by Gasteiger charge is 2.33. The van der Waals surface area contributed by atoms with Gasteiger partial charge in [0, 0.05) is 32.1 Å². The Bertz CT molecular complexity index is 736. The second-order valence-electron chi connectivity index (χ2n) is 5.99. The summed E-state index contributed by atoms with van der Waals surface area (Å²) in [5, 5.41) is 14.4. The predicted octanol–water partition coefficient (Wildman–Crippen LogP) is 1.58. The van der Waals surface area contributed by atoms with Crippen LogP contribution in [0.25, 0.3) is 0 Å². The minimum absolute atomic E-state index is 0.256. The van der Waals surface area contributed by atoms with Crippen molar-refractivity contribution in [3.8, 4) is 0 Å². The van der Waals surface area contributed by atoms with Gasteiger partial charge < -0.3 is 9.88 Å². The number of nitrogens with one attached hydrogen (secondary N) is 1. The lowest BCUT2D eigenvalue weighted by molar-refractivity contribution is -0.141. The number of alkyl halides is 3. The molecule has 1 aliphatic heterocycles. The quantitative estimate of drug-likeness (QED) is 0.882. The third-order valence-electron chi connectivity index (χ3n) is 4.09. The molecule has 7 nitrogen and oxygen atoms in total. The molecule has 10 heteroatoms. The molecule has 2 aromatic heterocycles. The normalized spacial score (nSPS) is 14.8. The second-order valence-corrected chi connectivity index (χ2v) is 5.99. The van der Waals surface area contributed by atoms with Crippen molar-refractivity contribution >= 4 is 5.91 Å². The van der Waals surface area contributed by atoms with E-state index in [-0.39, 0.29) is 6.54 Å². The van der Waals surface area contributed by atoms with Gasteiger partial charge in [-0.05, 0) is 18.9 Å². The van der Waals surface area contributed by atoms with Crippen LogP contribution in [0.2, 0.25) is 0 Å². The maximum absolute atomic E-state index is 12.5. The molecule has 0 fully saturated rings. The van der Waals surface area contributed by atoms with Crippen LogP contribution in [0, 0.1) is 0 Å². The highest BCUT2D eigenvalue weighted by atomic mass is 19.4. The lowest BCUT2D eigenvalue weighted by atomic mass is 10.2. The Kier molecular flexibility index (Phi) is 5.05. The molecule has 0 atom stereocenters. The molecule has 0 unspecified atom stereocenters. The Morgan fingerprint density at radius 2 is 2.08 bits per heavy atom. The van der Waals surface area contributed by atoms with E-state index in [4.69, 9.17) is 0 Å². The van der Waals surface area contributed by atoms with E-state index < -0.39 is 17.8 Å². The molecule has 3 heterocycles. The summed E-state index contributed by atoms with van der Waals surface area (Å²) in [4.78, 5) is 11.8. The van der Waals surface area contributed by atoms with E-state index in [1.54, 1.807) is 0 Å². The van der Waals surface area contributed by atoms with Crippen LogP contribution in [0.3, 0.4) is 0 Å². The fourth-order valence-electron chi connectivity index (χ4n) is 2.85. The highest BCUT2D eigenvalue weighted by molar-refractivity contribution is 5.75. The zero-order valence-corrected chi connectivity index (χ0v) is 13.6. The van der Waals surface area contributed by atoms with E-state index in [9.17, 15) is 18.0 Å². The van der Waals surface area contributed by atoms with Crippen LogP contribution in [-0.2, 0) is 36.9 Å². The molecule has 1 N–H and O–H groups in total. The van der Waals surface area contributed by atoms with Gasteiger partial charge in [0.1, 0.15) is 18.2 Å². The molecule has 0 spiro atoms. The SMILES string of the molecule is O=C(Cn1ccc(C(F)(F)F)n1)NCCc1nnc2n1CCCCC2. The number of rotatable bonds is 5. The number of carbonyl (C=O) groups excluding carboxylic acids is 1. The van der Waals surface area contributed by atoms with Gasteiger partial charge in [-0.3, -0.25) is 9.48 Å². The molecule has 0 aliphatic carbocycles. The summed E-state index contributed by atoms with van der Waals surface area (Å²) in [7, 11) is 0. The zero-order valence-electron chi connectivity index (χ0n) is 13.6. The minimum atomic E-state index is -4.51. The number of aromatic nitrogens is 5. The Balaban J connectivity index is 1.48. The van der Waals surface area contributed by atoms with Crippen molar-refractivity contribution in [1.29, 1.82) is 0 Å². The van der Waals surface area contributed by atoms with Crippen molar-refractivity contribution in [3.05, 3.63) is 29.6 Å². The van der Waals surface area contributed by atoms with Crippen molar-refractivity contribution in [1.82, 2.24) is 29.9 Å². The molecular weight excluding hydrogens is 337 g/mol. The second kappa shape index (κ2) is 7.24. The van der Waals surface area contributed by atoms with Crippen LogP contribution < -0.4 is 5.32 Å². The van der Waals surface area contributed by atoms with Gasteiger partial charge in [-0.1, -0.05) is 6.42 Å². The van der Waals surface area contributed by atoms with Crippen LogP contribution >= 0.6 is 0 Å². The van der Waals surface area contributed by atoms with Gasteiger partial charge in [0.25, 0.3) is 0 Å². The van der Waals surface area contributed by atoms with Crippen molar-refractivity contribution < 1.29 is 18.0 Å². The molecule has 136 valence electrons. The summed E-state index contributed by atoms with van der Waals surface area (Å²) in [5.74, 6) is 1.41. The first kappa shape index (κ1) is 17.4. The van der Waals surface area contributed by atoms with E-state index >= 15 is 0 Å². The number of hydrogen-bond acceptors (Lipinski definition) is 4. The first-order valence-corrected chi connectivity index (χ1v) is 8.22. The van der Waals surface area contributed by atoms with Gasteiger partial charge in [0.15, 0.2) is 5.69 Å². The Labute approximate surface area is 142 Å². The molecule has 3 rings (SSSR count). The van der Waals surface area contributed by atoms with Gasteiger partial charge in [-0.15, -0.1) is 10.2 Å². The van der Waals surface area contributed by atoms with E-state index in [2.05, 4.69) is 25.2 Å². The lowest BCUT2D eigenvalue weighted by Gasteiger charge is -2.08. The molecule has 0 radical (unpaired) electrons. The predicted molar refractivity (Wildman–Crippen MR) is 81.5 cm³/mol. The molecule has 2 aromatic rings. The molecule has 0 saturated heterocycles. The van der Waals surface area contributed by atoms with Crippen molar-refractivity contribution in [2.45, 2.75) is 51.4 Å². The van der Waals surface area contributed by atoms with Gasteiger partial charge in [0.05, 0.1) is 0 Å². The zero-order chi connectivity index (χ0) is 17.9.